The molecule has 0 saturated carbocycles. The quantitative estimate of drug-likeness (QED) is 0.287. The van der Waals surface area contributed by atoms with Crippen molar-refractivity contribution in [3.8, 4) is 0 Å². The highest BCUT2D eigenvalue weighted by Crippen LogP contribution is 2.27. The van der Waals surface area contributed by atoms with E-state index in [-0.39, 0.29) is 23.4 Å². The second-order valence-corrected chi connectivity index (χ2v) is 13.0. The van der Waals surface area contributed by atoms with Gasteiger partial charge in [0.15, 0.2) is 0 Å². The molecular formula is C31H38BrN3O4S. The van der Waals surface area contributed by atoms with Gasteiger partial charge in [-0.05, 0) is 94.1 Å². The van der Waals surface area contributed by atoms with Crippen molar-refractivity contribution >= 4 is 43.5 Å². The van der Waals surface area contributed by atoms with Gasteiger partial charge in [0, 0.05) is 17.1 Å². The Bertz CT molecular complexity index is 1460. The topological polar surface area (TPSA) is 86.8 Å². The third kappa shape index (κ3) is 7.73. The molecule has 0 aliphatic heterocycles. The van der Waals surface area contributed by atoms with E-state index in [0.717, 1.165) is 37.5 Å². The summed E-state index contributed by atoms with van der Waals surface area (Å²) >= 11 is 3.47. The molecule has 214 valence electrons. The minimum Gasteiger partial charge on any atom is -0.352 e. The number of hydrogen-bond acceptors (Lipinski definition) is 4. The number of hydrogen-bond donors (Lipinski definition) is 1. The summed E-state index contributed by atoms with van der Waals surface area (Å²) in [5.74, 6) is -0.780. The molecular weight excluding hydrogens is 590 g/mol. The Morgan fingerprint density at radius 1 is 0.925 bits per heavy atom. The average molecular weight is 629 g/mol. The maximum absolute atomic E-state index is 14.0. The molecule has 2 atom stereocenters. The molecule has 1 N–H and O–H groups in total. The highest BCUT2D eigenvalue weighted by Gasteiger charge is 2.33. The van der Waals surface area contributed by atoms with Crippen LogP contribution in [0.2, 0.25) is 0 Å². The van der Waals surface area contributed by atoms with Gasteiger partial charge in [0.1, 0.15) is 12.6 Å². The molecule has 0 heterocycles. The summed E-state index contributed by atoms with van der Waals surface area (Å²) in [5.41, 5.74) is 4.03. The van der Waals surface area contributed by atoms with E-state index in [1.807, 2.05) is 65.0 Å². The van der Waals surface area contributed by atoms with Crippen LogP contribution in [0.15, 0.2) is 76.1 Å². The summed E-state index contributed by atoms with van der Waals surface area (Å²) in [6, 6.07) is 18.5. The van der Waals surface area contributed by atoms with Crippen molar-refractivity contribution in [1.29, 1.82) is 0 Å². The van der Waals surface area contributed by atoms with Crippen molar-refractivity contribution in [1.82, 2.24) is 10.2 Å². The molecule has 0 bridgehead atoms. The predicted octanol–water partition coefficient (Wildman–Crippen LogP) is 5.90. The van der Waals surface area contributed by atoms with Crippen LogP contribution in [-0.2, 0) is 26.2 Å². The number of nitrogens with zero attached hydrogens (tertiary/aromatic N) is 2. The summed E-state index contributed by atoms with van der Waals surface area (Å²) < 4.78 is 29.9. The molecule has 0 aliphatic rings. The Kier molecular flexibility index (Phi) is 10.6. The fraction of sp³-hybridized carbons (Fsp3) is 0.355. The van der Waals surface area contributed by atoms with Gasteiger partial charge in [0.05, 0.1) is 10.6 Å². The summed E-state index contributed by atoms with van der Waals surface area (Å²) in [6.45, 7) is 10.9. The first-order valence-corrected chi connectivity index (χ1v) is 15.6. The molecule has 0 spiro atoms. The lowest BCUT2D eigenvalue weighted by Crippen LogP contribution is -2.52. The molecule has 40 heavy (non-hydrogen) atoms. The molecule has 3 rings (SSSR count). The highest BCUT2D eigenvalue weighted by atomic mass is 79.9. The first-order chi connectivity index (χ1) is 18.8. The van der Waals surface area contributed by atoms with Gasteiger partial charge < -0.3 is 10.2 Å². The zero-order valence-electron chi connectivity index (χ0n) is 23.9. The zero-order valence-corrected chi connectivity index (χ0v) is 26.3. The zero-order chi connectivity index (χ0) is 29.6. The molecule has 0 radical (unpaired) electrons. The first-order valence-electron chi connectivity index (χ1n) is 13.3. The molecule has 7 nitrogen and oxygen atoms in total. The molecule has 0 saturated heterocycles. The number of anilines is 1. The van der Waals surface area contributed by atoms with Crippen molar-refractivity contribution in [3.05, 3.63) is 93.5 Å². The number of nitrogens with one attached hydrogen (secondary N) is 1. The van der Waals surface area contributed by atoms with Crippen LogP contribution in [0.3, 0.4) is 0 Å². The molecule has 0 aromatic heterocycles. The monoisotopic (exact) mass is 627 g/mol. The third-order valence-corrected chi connectivity index (χ3v) is 9.36. The summed E-state index contributed by atoms with van der Waals surface area (Å²) in [7, 11) is -4.10. The standard InChI is InChI=1S/C31H38BrN3O4S/c1-7-24(5)33-31(37)25(6)34(19-26-9-8-10-27(32)18-26)30(36)20-35(28-14-13-22(3)23(4)17-28)40(38,39)29-15-11-21(2)12-16-29/h8-18,24-25H,7,19-20H2,1-6H3,(H,33,37)/t24-,25-/m1/s1. The number of benzene rings is 3. The van der Waals surface area contributed by atoms with Crippen LogP contribution >= 0.6 is 15.9 Å². The first kappa shape index (κ1) is 31.4. The van der Waals surface area contributed by atoms with Crippen LogP contribution in [0.5, 0.6) is 0 Å². The van der Waals surface area contributed by atoms with Crippen molar-refractivity contribution in [2.45, 2.75) is 71.5 Å². The summed E-state index contributed by atoms with van der Waals surface area (Å²) in [4.78, 5) is 28.7. The molecule has 2 amide bonds. The van der Waals surface area contributed by atoms with E-state index in [9.17, 15) is 18.0 Å². The fourth-order valence-electron chi connectivity index (χ4n) is 4.13. The second kappa shape index (κ2) is 13.5. The van der Waals surface area contributed by atoms with Gasteiger partial charge >= 0.3 is 0 Å². The van der Waals surface area contributed by atoms with Gasteiger partial charge in [0.2, 0.25) is 11.8 Å². The van der Waals surface area contributed by atoms with Crippen LogP contribution in [-0.4, -0.2) is 43.8 Å². The van der Waals surface area contributed by atoms with Crippen molar-refractivity contribution in [3.63, 3.8) is 0 Å². The molecule has 9 heteroatoms. The minimum atomic E-state index is -4.10. The van der Waals surface area contributed by atoms with E-state index < -0.39 is 28.5 Å². The lowest BCUT2D eigenvalue weighted by molar-refractivity contribution is -0.139. The number of amides is 2. The molecule has 3 aromatic carbocycles. The van der Waals surface area contributed by atoms with Gasteiger partial charge in [-0.2, -0.15) is 0 Å². The molecule has 3 aromatic rings. The average Bonchev–Trinajstić information content (AvgIpc) is 2.91. The van der Waals surface area contributed by atoms with Gasteiger partial charge in [-0.15, -0.1) is 0 Å². The van der Waals surface area contributed by atoms with Crippen molar-refractivity contribution < 1.29 is 18.0 Å². The van der Waals surface area contributed by atoms with E-state index in [2.05, 4.69) is 21.2 Å². The Morgan fingerprint density at radius 2 is 1.60 bits per heavy atom. The lowest BCUT2D eigenvalue weighted by atomic mass is 10.1. The molecule has 0 fully saturated rings. The normalized spacial score (nSPS) is 12.9. The van der Waals surface area contributed by atoms with Crippen LogP contribution in [0, 0.1) is 20.8 Å². The predicted molar refractivity (Wildman–Crippen MR) is 164 cm³/mol. The summed E-state index contributed by atoms with van der Waals surface area (Å²) in [5, 5.41) is 2.95. The maximum atomic E-state index is 14.0. The van der Waals surface area contributed by atoms with E-state index in [1.54, 1.807) is 43.3 Å². The number of carbonyl (C=O) groups excluding carboxylic acids is 2. The van der Waals surface area contributed by atoms with Crippen LogP contribution in [0.1, 0.15) is 49.4 Å². The van der Waals surface area contributed by atoms with E-state index in [4.69, 9.17) is 0 Å². The van der Waals surface area contributed by atoms with E-state index in [1.165, 1.54) is 4.90 Å². The van der Waals surface area contributed by atoms with Crippen molar-refractivity contribution in [2.75, 3.05) is 10.8 Å². The van der Waals surface area contributed by atoms with E-state index in [0.29, 0.717) is 5.69 Å². The van der Waals surface area contributed by atoms with Crippen LogP contribution in [0.4, 0.5) is 5.69 Å². The van der Waals surface area contributed by atoms with Crippen LogP contribution < -0.4 is 9.62 Å². The van der Waals surface area contributed by atoms with Crippen LogP contribution in [0.25, 0.3) is 0 Å². The SMILES string of the molecule is CC[C@@H](C)NC(=O)[C@@H](C)N(Cc1cccc(Br)c1)C(=O)CN(c1ccc(C)c(C)c1)S(=O)(=O)c1ccc(C)cc1. The molecule has 0 unspecified atom stereocenters. The third-order valence-electron chi connectivity index (χ3n) is 7.08. The van der Waals surface area contributed by atoms with Gasteiger partial charge in [-0.3, -0.25) is 13.9 Å². The Hall–Kier alpha value is -3.17. The Balaban J connectivity index is 2.05. The van der Waals surface area contributed by atoms with Gasteiger partial charge in [-0.25, -0.2) is 8.42 Å². The largest absolute Gasteiger partial charge is 0.352 e. The Labute approximate surface area is 246 Å². The number of sulfonamides is 1. The van der Waals surface area contributed by atoms with Gasteiger partial charge in [0.25, 0.3) is 10.0 Å². The number of carbonyl (C=O) groups is 2. The fourth-order valence-corrected chi connectivity index (χ4v) is 5.98. The Morgan fingerprint density at radius 3 is 2.20 bits per heavy atom. The number of halogens is 1. The lowest BCUT2D eigenvalue weighted by Gasteiger charge is -2.32. The summed E-state index contributed by atoms with van der Waals surface area (Å²) in [6.07, 6.45) is 0.743. The van der Waals surface area contributed by atoms with E-state index >= 15 is 0 Å². The van der Waals surface area contributed by atoms with Gasteiger partial charge in [-0.1, -0.05) is 58.7 Å². The maximum Gasteiger partial charge on any atom is 0.264 e. The van der Waals surface area contributed by atoms with Crippen molar-refractivity contribution in [2.24, 2.45) is 0 Å². The molecule has 0 aliphatic carbocycles. The number of rotatable bonds is 11. The highest BCUT2D eigenvalue weighted by molar-refractivity contribution is 9.10. The second-order valence-electron chi connectivity index (χ2n) is 10.2. The number of aryl methyl sites for hydroxylation is 3. The minimum absolute atomic E-state index is 0.0632. The smallest absolute Gasteiger partial charge is 0.264 e.